The Balaban J connectivity index is 4.32. The molecular formula is C8H15F4NO3S. The van der Waals surface area contributed by atoms with E-state index in [1.807, 2.05) is 0 Å². The average molecular weight is 281 g/mol. The lowest BCUT2D eigenvalue weighted by Crippen LogP contribution is -2.47. The predicted octanol–water partition coefficient (Wildman–Crippen LogP) is 1.75. The molecule has 0 rings (SSSR count). The zero-order chi connectivity index (χ0) is 13.7. The maximum atomic E-state index is 12.8. The molecule has 0 aliphatic rings. The van der Waals surface area contributed by atoms with Crippen LogP contribution in [0.1, 0.15) is 13.8 Å². The molecule has 0 amide bonds. The van der Waals surface area contributed by atoms with Gasteiger partial charge in [-0.1, -0.05) is 13.8 Å². The zero-order valence-electron chi connectivity index (χ0n) is 9.46. The summed E-state index contributed by atoms with van der Waals surface area (Å²) in [6, 6.07) is 0. The summed E-state index contributed by atoms with van der Waals surface area (Å²) in [6.45, 7) is 4.07. The SMILES string of the molecule is CCN(CC)CCOC(F)(F)C(F)(F)S(=O)O. The first kappa shape index (κ1) is 16.8. The Labute approximate surface area is 99.2 Å². The van der Waals surface area contributed by atoms with Crippen LogP contribution in [0.25, 0.3) is 0 Å². The fourth-order valence-electron chi connectivity index (χ4n) is 1.03. The van der Waals surface area contributed by atoms with Crippen molar-refractivity contribution < 1.29 is 31.1 Å². The maximum absolute atomic E-state index is 12.8. The normalized spacial score (nSPS) is 15.3. The molecule has 1 unspecified atom stereocenters. The van der Waals surface area contributed by atoms with E-state index >= 15 is 0 Å². The second kappa shape index (κ2) is 6.62. The van der Waals surface area contributed by atoms with Gasteiger partial charge in [-0.05, 0) is 13.1 Å². The summed E-state index contributed by atoms with van der Waals surface area (Å²) in [7, 11) is 0. The van der Waals surface area contributed by atoms with Crippen LogP contribution in [-0.2, 0) is 15.8 Å². The van der Waals surface area contributed by atoms with Crippen LogP contribution in [0.15, 0.2) is 0 Å². The summed E-state index contributed by atoms with van der Waals surface area (Å²) in [4.78, 5) is 1.68. The molecule has 0 radical (unpaired) electrons. The van der Waals surface area contributed by atoms with E-state index in [0.717, 1.165) is 0 Å². The van der Waals surface area contributed by atoms with Crippen LogP contribution in [0.3, 0.4) is 0 Å². The zero-order valence-corrected chi connectivity index (χ0v) is 10.3. The van der Waals surface area contributed by atoms with Crippen molar-refractivity contribution in [3.05, 3.63) is 0 Å². The van der Waals surface area contributed by atoms with E-state index in [9.17, 15) is 21.8 Å². The summed E-state index contributed by atoms with van der Waals surface area (Å²) < 4.78 is 72.5. The van der Waals surface area contributed by atoms with Gasteiger partial charge in [-0.15, -0.1) is 0 Å². The first-order valence-corrected chi connectivity index (χ1v) is 6.02. The minimum atomic E-state index is -5.11. The van der Waals surface area contributed by atoms with Crippen molar-refractivity contribution >= 4 is 11.1 Å². The Morgan fingerprint density at radius 3 is 2.06 bits per heavy atom. The van der Waals surface area contributed by atoms with Crippen molar-refractivity contribution in [2.45, 2.75) is 25.2 Å². The monoisotopic (exact) mass is 281 g/mol. The van der Waals surface area contributed by atoms with Crippen LogP contribution in [0.4, 0.5) is 17.6 Å². The Hall–Kier alpha value is -0.250. The van der Waals surface area contributed by atoms with Gasteiger partial charge in [-0.25, -0.2) is 4.21 Å². The third kappa shape index (κ3) is 4.49. The predicted molar refractivity (Wildman–Crippen MR) is 54.4 cm³/mol. The van der Waals surface area contributed by atoms with Crippen LogP contribution in [0.5, 0.6) is 0 Å². The molecule has 0 aromatic rings. The van der Waals surface area contributed by atoms with E-state index in [2.05, 4.69) is 4.74 Å². The molecule has 0 saturated heterocycles. The van der Waals surface area contributed by atoms with E-state index in [4.69, 9.17) is 4.55 Å². The highest BCUT2D eigenvalue weighted by Gasteiger charge is 2.63. The highest BCUT2D eigenvalue weighted by molar-refractivity contribution is 7.80. The van der Waals surface area contributed by atoms with E-state index in [1.54, 1.807) is 18.7 Å². The van der Waals surface area contributed by atoms with Crippen molar-refractivity contribution in [2.24, 2.45) is 0 Å². The van der Waals surface area contributed by atoms with Gasteiger partial charge in [0.15, 0.2) is 0 Å². The minimum Gasteiger partial charge on any atom is -0.313 e. The van der Waals surface area contributed by atoms with E-state index in [0.29, 0.717) is 13.1 Å². The summed E-state index contributed by atoms with van der Waals surface area (Å²) >= 11 is -3.99. The van der Waals surface area contributed by atoms with Gasteiger partial charge in [0.25, 0.3) is 0 Å². The molecule has 104 valence electrons. The summed E-state index contributed by atoms with van der Waals surface area (Å²) in [5, 5.41) is -5.11. The Morgan fingerprint density at radius 2 is 1.71 bits per heavy atom. The molecule has 17 heavy (non-hydrogen) atoms. The van der Waals surface area contributed by atoms with Gasteiger partial charge in [-0.3, -0.25) is 0 Å². The van der Waals surface area contributed by atoms with Gasteiger partial charge < -0.3 is 14.2 Å². The maximum Gasteiger partial charge on any atom is 0.434 e. The fraction of sp³-hybridized carbons (Fsp3) is 1.00. The van der Waals surface area contributed by atoms with E-state index in [-0.39, 0.29) is 6.54 Å². The van der Waals surface area contributed by atoms with Crippen LogP contribution >= 0.6 is 0 Å². The average Bonchev–Trinajstić information content (AvgIpc) is 2.23. The van der Waals surface area contributed by atoms with Gasteiger partial charge >= 0.3 is 11.4 Å². The van der Waals surface area contributed by atoms with Crippen LogP contribution in [0.2, 0.25) is 0 Å². The number of rotatable bonds is 8. The molecule has 0 aromatic heterocycles. The first-order chi connectivity index (χ1) is 7.69. The van der Waals surface area contributed by atoms with Gasteiger partial charge in [0, 0.05) is 6.54 Å². The lowest BCUT2D eigenvalue weighted by atomic mass is 10.5. The number of hydrogen-bond acceptors (Lipinski definition) is 3. The molecule has 0 heterocycles. The second-order valence-electron chi connectivity index (χ2n) is 3.16. The Bertz CT molecular complexity index is 261. The Morgan fingerprint density at radius 1 is 1.24 bits per heavy atom. The van der Waals surface area contributed by atoms with E-state index < -0.39 is 29.1 Å². The second-order valence-corrected chi connectivity index (χ2v) is 4.17. The molecule has 0 aromatic carbocycles. The largest absolute Gasteiger partial charge is 0.434 e. The topological polar surface area (TPSA) is 49.8 Å². The van der Waals surface area contributed by atoms with Crippen molar-refractivity contribution in [1.82, 2.24) is 4.90 Å². The smallest absolute Gasteiger partial charge is 0.313 e. The summed E-state index contributed by atoms with van der Waals surface area (Å²) in [6.07, 6.45) is -4.96. The number of nitrogens with zero attached hydrogens (tertiary/aromatic N) is 1. The first-order valence-electron chi connectivity index (χ1n) is 4.91. The third-order valence-corrected chi connectivity index (χ3v) is 2.82. The molecule has 1 atom stereocenters. The third-order valence-electron chi connectivity index (χ3n) is 2.14. The lowest BCUT2D eigenvalue weighted by Gasteiger charge is -2.24. The fourth-order valence-corrected chi connectivity index (χ4v) is 1.29. The molecule has 0 spiro atoms. The summed E-state index contributed by atoms with van der Waals surface area (Å²) in [5.74, 6) is 0. The molecule has 0 aliphatic carbocycles. The number of ether oxygens (including phenoxy) is 1. The molecule has 4 nitrogen and oxygen atoms in total. The summed E-state index contributed by atoms with van der Waals surface area (Å²) in [5.41, 5.74) is 0. The standard InChI is InChI=1S/C8H15F4NO3S/c1-3-13(4-2)5-6-16-7(9,10)8(11,12)17(14)15/h3-6H2,1-2H3,(H,14,15). The van der Waals surface area contributed by atoms with Crippen molar-refractivity contribution in [1.29, 1.82) is 0 Å². The number of alkyl halides is 4. The van der Waals surface area contributed by atoms with Crippen molar-refractivity contribution in [3.63, 3.8) is 0 Å². The van der Waals surface area contributed by atoms with Gasteiger partial charge in [-0.2, -0.15) is 17.6 Å². The van der Waals surface area contributed by atoms with Crippen molar-refractivity contribution in [2.75, 3.05) is 26.2 Å². The molecule has 0 bridgehead atoms. The molecular weight excluding hydrogens is 266 g/mol. The van der Waals surface area contributed by atoms with Crippen LogP contribution in [0, 0.1) is 0 Å². The van der Waals surface area contributed by atoms with Gasteiger partial charge in [0.1, 0.15) is 0 Å². The number of hydrogen-bond donors (Lipinski definition) is 1. The molecule has 0 saturated carbocycles. The quantitative estimate of drug-likeness (QED) is 0.544. The van der Waals surface area contributed by atoms with E-state index in [1.165, 1.54) is 0 Å². The number of likely N-dealkylation sites (N-methyl/N-ethyl adjacent to an activating group) is 1. The van der Waals surface area contributed by atoms with Crippen LogP contribution < -0.4 is 0 Å². The Kier molecular flexibility index (Phi) is 6.52. The highest BCUT2D eigenvalue weighted by atomic mass is 32.2. The van der Waals surface area contributed by atoms with Crippen molar-refractivity contribution in [3.8, 4) is 0 Å². The number of halogens is 4. The molecule has 9 heteroatoms. The minimum absolute atomic E-state index is 0.0384. The van der Waals surface area contributed by atoms with Gasteiger partial charge in [0.2, 0.25) is 11.1 Å². The molecule has 1 N–H and O–H groups in total. The molecule has 0 aliphatic heterocycles. The van der Waals surface area contributed by atoms with Gasteiger partial charge in [0.05, 0.1) is 6.61 Å². The molecule has 0 fully saturated rings. The van der Waals surface area contributed by atoms with Crippen LogP contribution in [-0.4, -0.2) is 51.3 Å². The highest BCUT2D eigenvalue weighted by Crippen LogP contribution is 2.37. The lowest BCUT2D eigenvalue weighted by molar-refractivity contribution is -0.317.